The second-order valence-electron chi connectivity index (χ2n) is 5.50. The van der Waals surface area contributed by atoms with Crippen molar-refractivity contribution in [2.24, 2.45) is 11.7 Å². The Morgan fingerprint density at radius 1 is 1.29 bits per heavy atom. The smallest absolute Gasteiger partial charge is 0.354 e. The molecule has 0 saturated carbocycles. The highest BCUT2D eigenvalue weighted by Crippen LogP contribution is 2.35. The number of nitrogens with two attached hydrogens (primary N) is 1. The van der Waals surface area contributed by atoms with Crippen molar-refractivity contribution in [1.29, 1.82) is 0 Å². The molecular formula is C14H21F3N4. The van der Waals surface area contributed by atoms with E-state index in [0.29, 0.717) is 25.6 Å². The van der Waals surface area contributed by atoms with Crippen LogP contribution in [0.5, 0.6) is 0 Å². The number of nitrogens with zero attached hydrogens (tertiary/aromatic N) is 3. The molecule has 1 saturated heterocycles. The van der Waals surface area contributed by atoms with Gasteiger partial charge in [0, 0.05) is 38.9 Å². The Morgan fingerprint density at radius 2 is 1.95 bits per heavy atom. The van der Waals surface area contributed by atoms with E-state index in [4.69, 9.17) is 5.73 Å². The molecular weight excluding hydrogens is 281 g/mol. The molecule has 1 aliphatic heterocycles. The molecule has 1 atom stereocenters. The Bertz CT molecular complexity index is 456. The topological polar surface area (TPSA) is 45.4 Å². The van der Waals surface area contributed by atoms with Gasteiger partial charge in [0.15, 0.2) is 0 Å². The van der Waals surface area contributed by atoms with Crippen LogP contribution in [-0.4, -0.2) is 49.2 Å². The normalized spacial score (nSPS) is 18.8. The molecule has 1 aromatic heterocycles. The van der Waals surface area contributed by atoms with Crippen LogP contribution >= 0.6 is 0 Å². The fourth-order valence-corrected chi connectivity index (χ4v) is 2.53. The summed E-state index contributed by atoms with van der Waals surface area (Å²) in [4.78, 5) is 7.89. The average molecular weight is 302 g/mol. The maximum Gasteiger partial charge on any atom is 0.419 e. The van der Waals surface area contributed by atoms with E-state index in [9.17, 15) is 13.2 Å². The maximum atomic E-state index is 13.0. The zero-order valence-electron chi connectivity index (χ0n) is 12.1. The van der Waals surface area contributed by atoms with Gasteiger partial charge in [-0.3, -0.25) is 4.90 Å². The van der Waals surface area contributed by atoms with Crippen LogP contribution in [0.2, 0.25) is 0 Å². The van der Waals surface area contributed by atoms with Crippen molar-refractivity contribution in [1.82, 2.24) is 9.88 Å². The first-order valence-corrected chi connectivity index (χ1v) is 7.11. The van der Waals surface area contributed by atoms with E-state index in [-0.39, 0.29) is 5.82 Å². The molecule has 118 valence electrons. The van der Waals surface area contributed by atoms with Gasteiger partial charge in [0.1, 0.15) is 5.82 Å². The molecule has 0 amide bonds. The first-order chi connectivity index (χ1) is 9.91. The van der Waals surface area contributed by atoms with Crippen LogP contribution in [0.1, 0.15) is 12.5 Å². The van der Waals surface area contributed by atoms with Crippen molar-refractivity contribution in [2.45, 2.75) is 13.1 Å². The molecule has 1 aliphatic rings. The van der Waals surface area contributed by atoms with Crippen LogP contribution in [0.25, 0.3) is 0 Å². The monoisotopic (exact) mass is 302 g/mol. The minimum Gasteiger partial charge on any atom is -0.354 e. The third kappa shape index (κ3) is 4.07. The third-order valence-corrected chi connectivity index (χ3v) is 3.74. The molecule has 2 rings (SSSR count). The number of halogens is 3. The van der Waals surface area contributed by atoms with Gasteiger partial charge in [0.05, 0.1) is 5.56 Å². The highest BCUT2D eigenvalue weighted by Gasteiger charge is 2.36. The Labute approximate surface area is 122 Å². The molecule has 0 aromatic carbocycles. The number of alkyl halides is 3. The molecule has 0 bridgehead atoms. The van der Waals surface area contributed by atoms with Gasteiger partial charge < -0.3 is 10.6 Å². The van der Waals surface area contributed by atoms with Crippen LogP contribution in [-0.2, 0) is 6.18 Å². The van der Waals surface area contributed by atoms with Gasteiger partial charge >= 0.3 is 6.18 Å². The minimum atomic E-state index is -4.37. The zero-order valence-corrected chi connectivity index (χ0v) is 12.1. The summed E-state index contributed by atoms with van der Waals surface area (Å²) in [5.41, 5.74) is 4.94. The summed E-state index contributed by atoms with van der Waals surface area (Å²) in [6, 6.07) is 2.41. The van der Waals surface area contributed by atoms with Crippen molar-refractivity contribution < 1.29 is 13.2 Å². The average Bonchev–Trinajstić information content (AvgIpc) is 2.47. The lowest BCUT2D eigenvalue weighted by molar-refractivity contribution is -0.137. The maximum absolute atomic E-state index is 13.0. The second kappa shape index (κ2) is 6.62. The molecule has 1 fully saturated rings. The van der Waals surface area contributed by atoms with E-state index in [1.807, 2.05) is 0 Å². The van der Waals surface area contributed by atoms with Crippen LogP contribution in [0.3, 0.4) is 0 Å². The van der Waals surface area contributed by atoms with Crippen LogP contribution in [0.4, 0.5) is 19.0 Å². The first-order valence-electron chi connectivity index (χ1n) is 7.11. The van der Waals surface area contributed by atoms with Gasteiger partial charge in [-0.25, -0.2) is 4.98 Å². The summed E-state index contributed by atoms with van der Waals surface area (Å²) in [6.07, 6.45) is -2.96. The van der Waals surface area contributed by atoms with E-state index in [1.54, 1.807) is 4.90 Å². The van der Waals surface area contributed by atoms with Crippen LogP contribution in [0.15, 0.2) is 18.3 Å². The second-order valence-corrected chi connectivity index (χ2v) is 5.50. The predicted octanol–water partition coefficient (Wildman–Crippen LogP) is 1.82. The van der Waals surface area contributed by atoms with E-state index >= 15 is 0 Å². The van der Waals surface area contributed by atoms with Gasteiger partial charge in [-0.15, -0.1) is 0 Å². The van der Waals surface area contributed by atoms with Gasteiger partial charge in [0.25, 0.3) is 0 Å². The molecule has 2 heterocycles. The van der Waals surface area contributed by atoms with E-state index < -0.39 is 11.7 Å². The molecule has 1 aromatic rings. The molecule has 1 unspecified atom stereocenters. The lowest BCUT2D eigenvalue weighted by Crippen LogP contribution is -2.48. The fraction of sp³-hybridized carbons (Fsp3) is 0.643. The van der Waals surface area contributed by atoms with Crippen molar-refractivity contribution in [3.8, 4) is 0 Å². The largest absolute Gasteiger partial charge is 0.419 e. The minimum absolute atomic E-state index is 0.0384. The van der Waals surface area contributed by atoms with Gasteiger partial charge in [0.2, 0.25) is 0 Å². The summed E-state index contributed by atoms with van der Waals surface area (Å²) < 4.78 is 39.0. The lowest BCUT2D eigenvalue weighted by atomic mass is 10.1. The molecule has 0 spiro atoms. The third-order valence-electron chi connectivity index (χ3n) is 3.74. The van der Waals surface area contributed by atoms with Crippen molar-refractivity contribution in [3.05, 3.63) is 23.9 Å². The Morgan fingerprint density at radius 3 is 2.52 bits per heavy atom. The molecule has 2 N–H and O–H groups in total. The summed E-state index contributed by atoms with van der Waals surface area (Å²) in [5.74, 6) is 0.439. The van der Waals surface area contributed by atoms with Gasteiger partial charge in [-0.05, 0) is 24.6 Å². The highest BCUT2D eigenvalue weighted by molar-refractivity contribution is 5.48. The fourth-order valence-electron chi connectivity index (χ4n) is 2.53. The van der Waals surface area contributed by atoms with Crippen LogP contribution in [0, 0.1) is 5.92 Å². The van der Waals surface area contributed by atoms with Gasteiger partial charge in [-0.2, -0.15) is 13.2 Å². The number of piperazine rings is 1. The molecule has 4 nitrogen and oxygen atoms in total. The van der Waals surface area contributed by atoms with E-state index in [0.717, 1.165) is 25.7 Å². The van der Waals surface area contributed by atoms with Gasteiger partial charge in [-0.1, -0.05) is 6.92 Å². The highest BCUT2D eigenvalue weighted by atomic mass is 19.4. The molecule has 0 radical (unpaired) electrons. The van der Waals surface area contributed by atoms with Crippen molar-refractivity contribution in [3.63, 3.8) is 0 Å². The first kappa shape index (κ1) is 16.0. The molecule has 0 aliphatic carbocycles. The number of anilines is 1. The zero-order chi connectivity index (χ0) is 15.5. The number of aromatic nitrogens is 1. The Hall–Kier alpha value is -1.34. The predicted molar refractivity (Wildman–Crippen MR) is 76.1 cm³/mol. The van der Waals surface area contributed by atoms with Crippen LogP contribution < -0.4 is 10.6 Å². The summed E-state index contributed by atoms with van der Waals surface area (Å²) in [6.45, 7) is 6.16. The summed E-state index contributed by atoms with van der Waals surface area (Å²) >= 11 is 0. The number of pyridine rings is 1. The number of rotatable bonds is 4. The Balaban J connectivity index is 2.03. The SMILES string of the molecule is CC(CN)CN1CCN(c2ncccc2C(F)(F)F)CC1. The number of hydrogen-bond donors (Lipinski definition) is 1. The summed E-state index contributed by atoms with van der Waals surface area (Å²) in [5, 5.41) is 0. The van der Waals surface area contributed by atoms with E-state index in [2.05, 4.69) is 16.8 Å². The lowest BCUT2D eigenvalue weighted by Gasteiger charge is -2.37. The standard InChI is InChI=1S/C14H21F3N4/c1-11(9-18)10-20-5-7-21(8-6-20)13-12(14(15,16)17)3-2-4-19-13/h2-4,11H,5-10,18H2,1H3. The Kier molecular flexibility index (Phi) is 5.05. The quantitative estimate of drug-likeness (QED) is 0.921. The summed E-state index contributed by atoms with van der Waals surface area (Å²) in [7, 11) is 0. The van der Waals surface area contributed by atoms with Crippen molar-refractivity contribution in [2.75, 3.05) is 44.2 Å². The molecule has 7 heteroatoms. The van der Waals surface area contributed by atoms with Crippen molar-refractivity contribution >= 4 is 5.82 Å². The number of hydrogen-bond acceptors (Lipinski definition) is 4. The van der Waals surface area contributed by atoms with E-state index in [1.165, 1.54) is 12.3 Å². The molecule has 21 heavy (non-hydrogen) atoms.